The molecule has 0 radical (unpaired) electrons. The molecule has 2 rings (SSSR count). The highest BCUT2D eigenvalue weighted by Gasteiger charge is 2.21. The fourth-order valence-electron chi connectivity index (χ4n) is 2.51. The minimum atomic E-state index is 0.359. The van der Waals surface area contributed by atoms with Gasteiger partial charge in [-0.25, -0.2) is 0 Å². The molecule has 1 heterocycles. The summed E-state index contributed by atoms with van der Waals surface area (Å²) in [5, 5.41) is 4.40. The summed E-state index contributed by atoms with van der Waals surface area (Å²) in [6.45, 7) is 9.47. The SMILES string of the molecule is CCN(CC)CCNC1CCOc2ccc(Cl)cc21. The van der Waals surface area contributed by atoms with Crippen molar-refractivity contribution in [2.24, 2.45) is 0 Å². The van der Waals surface area contributed by atoms with Gasteiger partial charge in [-0.3, -0.25) is 0 Å². The van der Waals surface area contributed by atoms with Gasteiger partial charge < -0.3 is 15.0 Å². The van der Waals surface area contributed by atoms with Gasteiger partial charge in [-0.05, 0) is 31.3 Å². The van der Waals surface area contributed by atoms with Gasteiger partial charge in [0.15, 0.2) is 0 Å². The molecule has 0 saturated carbocycles. The summed E-state index contributed by atoms with van der Waals surface area (Å²) < 4.78 is 5.67. The molecule has 0 amide bonds. The van der Waals surface area contributed by atoms with Gasteiger partial charge in [0.05, 0.1) is 6.61 Å². The monoisotopic (exact) mass is 282 g/mol. The first kappa shape index (κ1) is 14.6. The Labute approximate surface area is 120 Å². The summed E-state index contributed by atoms with van der Waals surface area (Å²) in [5.41, 5.74) is 1.19. The summed E-state index contributed by atoms with van der Waals surface area (Å²) in [4.78, 5) is 2.42. The van der Waals surface area contributed by atoms with Gasteiger partial charge in [-0.2, -0.15) is 0 Å². The Morgan fingerprint density at radius 1 is 1.37 bits per heavy atom. The molecule has 1 aromatic carbocycles. The molecule has 3 nitrogen and oxygen atoms in total. The smallest absolute Gasteiger partial charge is 0.124 e. The predicted octanol–water partition coefficient (Wildman–Crippen LogP) is 3.10. The molecule has 106 valence electrons. The van der Waals surface area contributed by atoms with Crippen LogP contribution < -0.4 is 10.1 Å². The normalized spacial score (nSPS) is 18.2. The zero-order chi connectivity index (χ0) is 13.7. The van der Waals surface area contributed by atoms with Crippen molar-refractivity contribution in [2.45, 2.75) is 26.3 Å². The first-order chi connectivity index (χ1) is 9.24. The van der Waals surface area contributed by atoms with Crippen LogP contribution in [0.15, 0.2) is 18.2 Å². The molecule has 1 atom stereocenters. The number of benzene rings is 1. The number of ether oxygens (including phenoxy) is 1. The van der Waals surface area contributed by atoms with E-state index in [1.54, 1.807) is 0 Å². The van der Waals surface area contributed by atoms with Gasteiger partial charge in [0.1, 0.15) is 5.75 Å². The molecular formula is C15H23ClN2O. The predicted molar refractivity (Wildman–Crippen MR) is 80.1 cm³/mol. The topological polar surface area (TPSA) is 24.5 Å². The van der Waals surface area contributed by atoms with Gasteiger partial charge in [-0.15, -0.1) is 0 Å². The van der Waals surface area contributed by atoms with E-state index < -0.39 is 0 Å². The number of hydrogen-bond donors (Lipinski definition) is 1. The maximum absolute atomic E-state index is 6.08. The van der Waals surface area contributed by atoms with Crippen molar-refractivity contribution < 1.29 is 4.74 Å². The highest BCUT2D eigenvalue weighted by atomic mass is 35.5. The molecule has 1 aliphatic heterocycles. The summed E-state index contributed by atoms with van der Waals surface area (Å²) in [7, 11) is 0. The van der Waals surface area contributed by atoms with Crippen LogP contribution in [0.1, 0.15) is 31.9 Å². The first-order valence-electron chi connectivity index (χ1n) is 7.12. The lowest BCUT2D eigenvalue weighted by molar-refractivity contribution is 0.243. The van der Waals surface area contributed by atoms with Crippen LogP contribution in [0.2, 0.25) is 5.02 Å². The second-order valence-electron chi connectivity index (χ2n) is 4.85. The number of likely N-dealkylation sites (N-methyl/N-ethyl adjacent to an activating group) is 1. The van der Waals surface area contributed by atoms with E-state index in [9.17, 15) is 0 Å². The number of hydrogen-bond acceptors (Lipinski definition) is 3. The van der Waals surface area contributed by atoms with Crippen molar-refractivity contribution in [1.82, 2.24) is 10.2 Å². The molecule has 0 fully saturated rings. The lowest BCUT2D eigenvalue weighted by atomic mass is 10.0. The third-order valence-corrected chi connectivity index (χ3v) is 3.96. The van der Waals surface area contributed by atoms with Gasteiger partial charge in [-0.1, -0.05) is 25.4 Å². The van der Waals surface area contributed by atoms with E-state index in [1.165, 1.54) is 5.56 Å². The Hall–Kier alpha value is -0.770. The van der Waals surface area contributed by atoms with Crippen LogP contribution in [-0.2, 0) is 0 Å². The molecule has 4 heteroatoms. The molecule has 0 aliphatic carbocycles. The fraction of sp³-hybridized carbons (Fsp3) is 0.600. The minimum Gasteiger partial charge on any atom is -0.493 e. The summed E-state index contributed by atoms with van der Waals surface area (Å²) >= 11 is 6.08. The lowest BCUT2D eigenvalue weighted by Gasteiger charge is -2.28. The van der Waals surface area contributed by atoms with Crippen LogP contribution in [0.25, 0.3) is 0 Å². The number of fused-ring (bicyclic) bond motifs is 1. The van der Waals surface area contributed by atoms with Gasteiger partial charge >= 0.3 is 0 Å². The first-order valence-corrected chi connectivity index (χ1v) is 7.50. The Bertz CT molecular complexity index is 407. The van der Waals surface area contributed by atoms with Crippen LogP contribution in [0.5, 0.6) is 5.75 Å². The largest absolute Gasteiger partial charge is 0.493 e. The average Bonchev–Trinajstić information content (AvgIpc) is 2.44. The summed E-state index contributed by atoms with van der Waals surface area (Å²) in [6, 6.07) is 6.23. The second-order valence-corrected chi connectivity index (χ2v) is 5.29. The maximum atomic E-state index is 6.08. The standard InChI is InChI=1S/C15H23ClN2O/c1-3-18(4-2)9-8-17-14-7-10-19-15-6-5-12(16)11-13(14)15/h5-6,11,14,17H,3-4,7-10H2,1-2H3. The third kappa shape index (κ3) is 3.85. The van der Waals surface area contributed by atoms with E-state index in [0.29, 0.717) is 6.04 Å². The van der Waals surface area contributed by atoms with E-state index in [2.05, 4.69) is 24.1 Å². The van der Waals surface area contributed by atoms with Gasteiger partial charge in [0.2, 0.25) is 0 Å². The van der Waals surface area contributed by atoms with Crippen LogP contribution in [0.4, 0.5) is 0 Å². The second kappa shape index (κ2) is 7.13. The highest BCUT2D eigenvalue weighted by molar-refractivity contribution is 6.30. The Morgan fingerprint density at radius 3 is 2.89 bits per heavy atom. The highest BCUT2D eigenvalue weighted by Crippen LogP contribution is 2.33. The third-order valence-electron chi connectivity index (χ3n) is 3.72. The van der Waals surface area contributed by atoms with Gasteiger partial charge in [0.25, 0.3) is 0 Å². The Morgan fingerprint density at radius 2 is 2.16 bits per heavy atom. The number of halogens is 1. The molecule has 0 bridgehead atoms. The molecule has 0 aromatic heterocycles. The molecular weight excluding hydrogens is 260 g/mol. The van der Waals surface area contributed by atoms with Crippen molar-refractivity contribution in [2.75, 3.05) is 32.8 Å². The molecule has 0 saturated heterocycles. The number of nitrogens with zero attached hydrogens (tertiary/aromatic N) is 1. The molecule has 1 N–H and O–H groups in total. The average molecular weight is 283 g/mol. The summed E-state index contributed by atoms with van der Waals surface area (Å²) in [6.07, 6.45) is 1.01. The molecule has 1 aromatic rings. The van der Waals surface area contributed by atoms with Crippen LogP contribution >= 0.6 is 11.6 Å². The molecule has 1 unspecified atom stereocenters. The molecule has 0 spiro atoms. The Kier molecular flexibility index (Phi) is 5.49. The van der Waals surface area contributed by atoms with Crippen LogP contribution in [0, 0.1) is 0 Å². The fourth-order valence-corrected chi connectivity index (χ4v) is 2.69. The van der Waals surface area contributed by atoms with Crippen molar-refractivity contribution in [3.05, 3.63) is 28.8 Å². The van der Waals surface area contributed by atoms with Crippen molar-refractivity contribution in [1.29, 1.82) is 0 Å². The van der Waals surface area contributed by atoms with E-state index in [-0.39, 0.29) is 0 Å². The van der Waals surface area contributed by atoms with Crippen molar-refractivity contribution >= 4 is 11.6 Å². The van der Waals surface area contributed by atoms with E-state index in [4.69, 9.17) is 16.3 Å². The number of rotatable bonds is 6. The van der Waals surface area contributed by atoms with Gasteiger partial charge in [0, 0.05) is 36.1 Å². The van der Waals surface area contributed by atoms with Crippen LogP contribution in [-0.4, -0.2) is 37.7 Å². The van der Waals surface area contributed by atoms with E-state index >= 15 is 0 Å². The van der Waals surface area contributed by atoms with E-state index in [0.717, 1.165) is 50.0 Å². The van der Waals surface area contributed by atoms with Crippen molar-refractivity contribution in [3.8, 4) is 5.75 Å². The number of nitrogens with one attached hydrogen (secondary N) is 1. The Balaban J connectivity index is 1.94. The molecule has 19 heavy (non-hydrogen) atoms. The zero-order valence-electron chi connectivity index (χ0n) is 11.8. The van der Waals surface area contributed by atoms with Crippen molar-refractivity contribution in [3.63, 3.8) is 0 Å². The minimum absolute atomic E-state index is 0.359. The van der Waals surface area contributed by atoms with Crippen LogP contribution in [0.3, 0.4) is 0 Å². The lowest BCUT2D eigenvalue weighted by Crippen LogP contribution is -2.35. The zero-order valence-corrected chi connectivity index (χ0v) is 12.5. The maximum Gasteiger partial charge on any atom is 0.124 e. The summed E-state index contributed by atoms with van der Waals surface area (Å²) in [5.74, 6) is 0.969. The molecule has 1 aliphatic rings. The quantitative estimate of drug-likeness (QED) is 0.868. The van der Waals surface area contributed by atoms with E-state index in [1.807, 2.05) is 18.2 Å².